The number of para-hydroxylation sites is 1. The van der Waals surface area contributed by atoms with Crippen molar-refractivity contribution in [3.05, 3.63) is 54.2 Å². The summed E-state index contributed by atoms with van der Waals surface area (Å²) in [6.45, 7) is -0.147. The average molecular weight is 397 g/mol. The van der Waals surface area contributed by atoms with Gasteiger partial charge in [0, 0.05) is 23.6 Å². The van der Waals surface area contributed by atoms with E-state index in [0.29, 0.717) is 17.1 Å². The van der Waals surface area contributed by atoms with Crippen molar-refractivity contribution in [1.82, 2.24) is 25.0 Å². The molecule has 1 aliphatic carbocycles. The van der Waals surface area contributed by atoms with Crippen LogP contribution in [0.4, 0.5) is 0 Å². The van der Waals surface area contributed by atoms with Crippen molar-refractivity contribution in [3.8, 4) is 11.5 Å². The maximum absolute atomic E-state index is 12.7. The molecule has 142 valence electrons. The highest BCUT2D eigenvalue weighted by Gasteiger charge is 2.29. The molecule has 3 aromatic heterocycles. The third-order valence-corrected chi connectivity index (χ3v) is 5.94. The highest BCUT2D eigenvalue weighted by molar-refractivity contribution is 7.89. The number of hydrogen-bond acceptors (Lipinski definition) is 8. The van der Waals surface area contributed by atoms with Crippen molar-refractivity contribution >= 4 is 20.9 Å². The minimum absolute atomic E-state index is 0.0934. The van der Waals surface area contributed by atoms with Gasteiger partial charge in [-0.25, -0.2) is 13.1 Å². The molecule has 1 N–H and O–H groups in total. The van der Waals surface area contributed by atoms with Crippen molar-refractivity contribution in [2.75, 3.05) is 0 Å². The summed E-state index contributed by atoms with van der Waals surface area (Å²) < 4.78 is 38.3. The van der Waals surface area contributed by atoms with Crippen LogP contribution in [0.3, 0.4) is 0 Å². The summed E-state index contributed by atoms with van der Waals surface area (Å²) in [6.07, 6.45) is 3.74. The van der Waals surface area contributed by atoms with E-state index in [4.69, 9.17) is 9.05 Å². The number of fused-ring (bicyclic) bond motifs is 1. The second kappa shape index (κ2) is 6.50. The van der Waals surface area contributed by atoms with E-state index < -0.39 is 10.0 Å². The number of aromatic nitrogens is 4. The second-order valence-electron chi connectivity index (χ2n) is 6.56. The van der Waals surface area contributed by atoms with Crippen LogP contribution in [0.25, 0.3) is 22.4 Å². The fourth-order valence-corrected chi connectivity index (χ4v) is 4.07. The first kappa shape index (κ1) is 17.0. The number of nitrogens with one attached hydrogen (secondary N) is 1. The molecule has 1 saturated carbocycles. The zero-order chi connectivity index (χ0) is 19.1. The SMILES string of the molecule is O=S(=O)(NCc1nc(-c2cc(C3CC3)on2)no1)c1cccc2cccnc12. The van der Waals surface area contributed by atoms with Gasteiger partial charge >= 0.3 is 0 Å². The average Bonchev–Trinajstić information content (AvgIpc) is 3.25. The molecule has 0 saturated heterocycles. The van der Waals surface area contributed by atoms with Gasteiger partial charge in [0.1, 0.15) is 10.7 Å². The monoisotopic (exact) mass is 397 g/mol. The van der Waals surface area contributed by atoms with Crippen LogP contribution in [-0.2, 0) is 16.6 Å². The number of nitrogens with zero attached hydrogens (tertiary/aromatic N) is 4. The molecule has 28 heavy (non-hydrogen) atoms. The van der Waals surface area contributed by atoms with Crippen LogP contribution in [0.5, 0.6) is 0 Å². The molecule has 1 fully saturated rings. The topological polar surface area (TPSA) is 124 Å². The minimum atomic E-state index is -3.81. The van der Waals surface area contributed by atoms with E-state index in [2.05, 4.69) is 25.0 Å². The van der Waals surface area contributed by atoms with Crippen LogP contribution < -0.4 is 4.72 Å². The fourth-order valence-electron chi connectivity index (χ4n) is 2.91. The van der Waals surface area contributed by atoms with E-state index in [1.54, 1.807) is 36.5 Å². The quantitative estimate of drug-likeness (QED) is 0.526. The fraction of sp³-hybridized carbons (Fsp3) is 0.222. The van der Waals surface area contributed by atoms with E-state index in [0.717, 1.165) is 24.0 Å². The van der Waals surface area contributed by atoms with Crippen LogP contribution in [0.2, 0.25) is 0 Å². The van der Waals surface area contributed by atoms with Gasteiger partial charge in [-0.3, -0.25) is 4.98 Å². The lowest BCUT2D eigenvalue weighted by molar-refractivity contribution is 0.373. The zero-order valence-corrected chi connectivity index (χ0v) is 15.4. The van der Waals surface area contributed by atoms with E-state index in [-0.39, 0.29) is 23.2 Å². The molecular weight excluding hydrogens is 382 g/mol. The molecule has 10 heteroatoms. The van der Waals surface area contributed by atoms with Gasteiger partial charge in [0.15, 0.2) is 5.69 Å². The predicted molar refractivity (Wildman–Crippen MR) is 97.5 cm³/mol. The third-order valence-electron chi connectivity index (χ3n) is 4.50. The summed E-state index contributed by atoms with van der Waals surface area (Å²) in [5.74, 6) is 1.62. The maximum Gasteiger partial charge on any atom is 0.243 e. The Morgan fingerprint density at radius 3 is 2.82 bits per heavy atom. The Bertz CT molecular complexity index is 1250. The van der Waals surface area contributed by atoms with Crippen LogP contribution in [0, 0.1) is 0 Å². The largest absolute Gasteiger partial charge is 0.360 e. The predicted octanol–water partition coefficient (Wildman–Crippen LogP) is 2.63. The number of hydrogen-bond donors (Lipinski definition) is 1. The summed E-state index contributed by atoms with van der Waals surface area (Å²) in [4.78, 5) is 8.46. The summed E-state index contributed by atoms with van der Waals surface area (Å²) in [7, 11) is -3.81. The molecule has 0 unspecified atom stereocenters. The van der Waals surface area contributed by atoms with Gasteiger partial charge in [-0.1, -0.05) is 28.5 Å². The molecule has 0 bridgehead atoms. The Balaban J connectivity index is 1.34. The summed E-state index contributed by atoms with van der Waals surface area (Å²) in [6, 6.07) is 10.3. The van der Waals surface area contributed by atoms with E-state index in [1.165, 1.54) is 6.07 Å². The molecule has 1 aliphatic rings. The standard InChI is InChI=1S/C18H15N5O4S/c24-28(25,15-5-1-3-12-4-2-8-19-17(12)15)20-10-16-21-18(23-27-16)13-9-14(26-22-13)11-6-7-11/h1-5,8-9,11,20H,6-7,10H2. The van der Waals surface area contributed by atoms with Crippen molar-refractivity contribution < 1.29 is 17.5 Å². The number of benzene rings is 1. The second-order valence-corrected chi connectivity index (χ2v) is 8.29. The lowest BCUT2D eigenvalue weighted by Gasteiger charge is -2.07. The lowest BCUT2D eigenvalue weighted by atomic mass is 10.2. The van der Waals surface area contributed by atoms with Gasteiger partial charge in [-0.05, 0) is 25.0 Å². The minimum Gasteiger partial charge on any atom is -0.360 e. The molecule has 0 aliphatic heterocycles. The summed E-state index contributed by atoms with van der Waals surface area (Å²) in [5.41, 5.74) is 0.872. The highest BCUT2D eigenvalue weighted by Crippen LogP contribution is 2.40. The summed E-state index contributed by atoms with van der Waals surface area (Å²) >= 11 is 0. The van der Waals surface area contributed by atoms with Gasteiger partial charge < -0.3 is 9.05 Å². The molecule has 0 spiro atoms. The Morgan fingerprint density at radius 2 is 1.96 bits per heavy atom. The first-order valence-electron chi connectivity index (χ1n) is 8.73. The van der Waals surface area contributed by atoms with Gasteiger partial charge in [0.25, 0.3) is 0 Å². The molecule has 9 nitrogen and oxygen atoms in total. The van der Waals surface area contributed by atoms with Crippen molar-refractivity contribution in [2.45, 2.75) is 30.2 Å². The Kier molecular flexibility index (Phi) is 3.95. The molecular formula is C18H15N5O4S. The van der Waals surface area contributed by atoms with Crippen molar-refractivity contribution in [3.63, 3.8) is 0 Å². The Hall–Kier alpha value is -3.11. The molecule has 4 aromatic rings. The number of pyridine rings is 1. The van der Waals surface area contributed by atoms with Crippen molar-refractivity contribution in [2.24, 2.45) is 0 Å². The van der Waals surface area contributed by atoms with Crippen molar-refractivity contribution in [1.29, 1.82) is 0 Å². The molecule has 5 rings (SSSR count). The first-order valence-corrected chi connectivity index (χ1v) is 10.2. The maximum atomic E-state index is 12.7. The van der Waals surface area contributed by atoms with Gasteiger partial charge in [-0.2, -0.15) is 4.98 Å². The van der Waals surface area contributed by atoms with Crippen LogP contribution in [0.1, 0.15) is 30.4 Å². The molecule has 0 atom stereocenters. The molecule has 3 heterocycles. The van der Waals surface area contributed by atoms with Gasteiger partial charge in [0.2, 0.25) is 21.7 Å². The smallest absolute Gasteiger partial charge is 0.243 e. The van der Waals surface area contributed by atoms with E-state index in [1.807, 2.05) is 0 Å². The van der Waals surface area contributed by atoms with Crippen LogP contribution in [0.15, 0.2) is 56.5 Å². The van der Waals surface area contributed by atoms with E-state index >= 15 is 0 Å². The number of sulfonamides is 1. The van der Waals surface area contributed by atoms with Crippen LogP contribution in [-0.4, -0.2) is 28.7 Å². The Labute approximate surface area is 159 Å². The van der Waals surface area contributed by atoms with E-state index in [9.17, 15) is 8.42 Å². The van der Waals surface area contributed by atoms with Gasteiger partial charge in [0.05, 0.1) is 12.1 Å². The normalized spacial score (nSPS) is 14.6. The summed E-state index contributed by atoms with van der Waals surface area (Å²) in [5, 5.41) is 8.53. The molecule has 1 aromatic carbocycles. The third kappa shape index (κ3) is 3.16. The van der Waals surface area contributed by atoms with Crippen LogP contribution >= 0.6 is 0 Å². The lowest BCUT2D eigenvalue weighted by Crippen LogP contribution is -2.23. The highest BCUT2D eigenvalue weighted by atomic mass is 32.2. The Morgan fingerprint density at radius 1 is 1.11 bits per heavy atom. The molecule has 0 radical (unpaired) electrons. The van der Waals surface area contributed by atoms with Gasteiger partial charge in [-0.15, -0.1) is 0 Å². The zero-order valence-electron chi connectivity index (χ0n) is 14.6. The first-order chi connectivity index (χ1) is 13.6. The number of rotatable bonds is 6. The molecule has 0 amide bonds.